The molecule has 1 N–H and O–H groups in total. The molecule has 4 nitrogen and oxygen atoms in total. The number of carbonyl (C=O) groups is 1. The van der Waals surface area contributed by atoms with Gasteiger partial charge >= 0.3 is 5.97 Å². The highest BCUT2D eigenvalue weighted by atomic mass is 16.4. The first kappa shape index (κ1) is 11.1. The molecule has 0 saturated carbocycles. The van der Waals surface area contributed by atoms with Gasteiger partial charge in [0.25, 0.3) is 0 Å². The first-order chi connectivity index (χ1) is 8.74. The monoisotopic (exact) mass is 245 g/mol. The van der Waals surface area contributed by atoms with Crippen molar-refractivity contribution in [1.82, 2.24) is 0 Å². The molecule has 1 aromatic heterocycles. The zero-order valence-electron chi connectivity index (χ0n) is 10.1. The van der Waals surface area contributed by atoms with Crippen LogP contribution in [0.4, 0.5) is 5.69 Å². The number of furan rings is 1. The molecule has 1 aromatic carbocycles. The third-order valence-corrected chi connectivity index (χ3v) is 3.43. The highest BCUT2D eigenvalue weighted by molar-refractivity contribution is 5.92. The number of rotatable bonds is 2. The van der Waals surface area contributed by atoms with E-state index in [4.69, 9.17) is 9.52 Å². The lowest BCUT2D eigenvalue weighted by molar-refractivity contribution is 0.0665. The number of piperidine rings is 1. The minimum Gasteiger partial charge on any atom is -0.475 e. The van der Waals surface area contributed by atoms with E-state index in [0.29, 0.717) is 5.58 Å². The number of fused-ring (bicyclic) bond motifs is 1. The molecule has 0 bridgehead atoms. The molecule has 2 aromatic rings. The van der Waals surface area contributed by atoms with Crippen molar-refractivity contribution in [2.45, 2.75) is 19.3 Å². The Morgan fingerprint density at radius 1 is 1.17 bits per heavy atom. The number of hydrogen-bond donors (Lipinski definition) is 1. The number of carboxylic acid groups (broad SMARTS) is 1. The summed E-state index contributed by atoms with van der Waals surface area (Å²) < 4.78 is 5.25. The minimum absolute atomic E-state index is 0.000735. The molecule has 3 rings (SSSR count). The van der Waals surface area contributed by atoms with E-state index in [9.17, 15) is 4.79 Å². The van der Waals surface area contributed by atoms with Gasteiger partial charge in [-0.2, -0.15) is 0 Å². The van der Waals surface area contributed by atoms with E-state index in [1.165, 1.54) is 19.3 Å². The Morgan fingerprint density at radius 3 is 2.67 bits per heavy atom. The number of aromatic carboxylic acids is 1. The maximum Gasteiger partial charge on any atom is 0.371 e. The third kappa shape index (κ3) is 1.94. The van der Waals surface area contributed by atoms with Gasteiger partial charge in [0.15, 0.2) is 0 Å². The molecule has 18 heavy (non-hydrogen) atoms. The first-order valence-electron chi connectivity index (χ1n) is 6.26. The quantitative estimate of drug-likeness (QED) is 0.883. The summed E-state index contributed by atoms with van der Waals surface area (Å²) >= 11 is 0. The average Bonchev–Trinajstić information content (AvgIpc) is 2.82. The Hall–Kier alpha value is -1.97. The summed E-state index contributed by atoms with van der Waals surface area (Å²) in [5.74, 6) is -1.02. The lowest BCUT2D eigenvalue weighted by Crippen LogP contribution is -2.29. The molecule has 0 unspecified atom stereocenters. The molecule has 0 amide bonds. The fourth-order valence-corrected chi connectivity index (χ4v) is 2.48. The van der Waals surface area contributed by atoms with Crippen molar-refractivity contribution in [3.63, 3.8) is 0 Å². The molecule has 0 aliphatic carbocycles. The topological polar surface area (TPSA) is 53.7 Å². The molecular formula is C14H15NO3. The van der Waals surface area contributed by atoms with Crippen LogP contribution < -0.4 is 4.90 Å². The van der Waals surface area contributed by atoms with Gasteiger partial charge in [-0.3, -0.25) is 0 Å². The molecule has 1 aliphatic heterocycles. The second-order valence-corrected chi connectivity index (χ2v) is 4.69. The Balaban J connectivity index is 1.96. The third-order valence-electron chi connectivity index (χ3n) is 3.43. The standard InChI is InChI=1S/C14H15NO3/c16-14(17)13-9-10-8-11(4-5-12(10)18-13)15-6-2-1-3-7-15/h4-5,8-9H,1-3,6-7H2,(H,16,17). The Morgan fingerprint density at radius 2 is 1.94 bits per heavy atom. The Bertz CT molecular complexity index is 582. The van der Waals surface area contributed by atoms with E-state index in [-0.39, 0.29) is 5.76 Å². The smallest absolute Gasteiger partial charge is 0.371 e. The predicted octanol–water partition coefficient (Wildman–Crippen LogP) is 3.12. The molecule has 94 valence electrons. The van der Waals surface area contributed by atoms with Crippen LogP contribution in [-0.4, -0.2) is 24.2 Å². The van der Waals surface area contributed by atoms with Crippen molar-refractivity contribution in [3.8, 4) is 0 Å². The van der Waals surface area contributed by atoms with Crippen LogP contribution in [0.2, 0.25) is 0 Å². The zero-order valence-corrected chi connectivity index (χ0v) is 10.1. The van der Waals surface area contributed by atoms with Gasteiger partial charge in [-0.25, -0.2) is 4.79 Å². The second kappa shape index (κ2) is 4.37. The van der Waals surface area contributed by atoms with E-state index in [1.807, 2.05) is 18.2 Å². The van der Waals surface area contributed by atoms with Crippen LogP contribution in [0.3, 0.4) is 0 Å². The maximum absolute atomic E-state index is 10.9. The van der Waals surface area contributed by atoms with E-state index in [2.05, 4.69) is 4.90 Å². The molecule has 1 aliphatic rings. The summed E-state index contributed by atoms with van der Waals surface area (Å²) in [6.07, 6.45) is 3.75. The molecule has 1 saturated heterocycles. The van der Waals surface area contributed by atoms with Crippen LogP contribution in [0.25, 0.3) is 11.0 Å². The van der Waals surface area contributed by atoms with Crippen LogP contribution in [0.15, 0.2) is 28.7 Å². The van der Waals surface area contributed by atoms with Gasteiger partial charge in [0.1, 0.15) is 5.58 Å². The highest BCUT2D eigenvalue weighted by Gasteiger charge is 2.14. The van der Waals surface area contributed by atoms with Crippen molar-refractivity contribution >= 4 is 22.6 Å². The Labute approximate surface area is 105 Å². The van der Waals surface area contributed by atoms with Crippen LogP contribution in [0, 0.1) is 0 Å². The van der Waals surface area contributed by atoms with E-state index in [0.717, 1.165) is 24.2 Å². The van der Waals surface area contributed by atoms with Gasteiger partial charge in [0.05, 0.1) is 0 Å². The van der Waals surface area contributed by atoms with Gasteiger partial charge < -0.3 is 14.4 Å². The fourth-order valence-electron chi connectivity index (χ4n) is 2.48. The number of hydrogen-bond acceptors (Lipinski definition) is 3. The summed E-state index contributed by atoms with van der Waals surface area (Å²) in [4.78, 5) is 13.2. The lowest BCUT2D eigenvalue weighted by Gasteiger charge is -2.28. The van der Waals surface area contributed by atoms with Crippen molar-refractivity contribution in [3.05, 3.63) is 30.0 Å². The lowest BCUT2D eigenvalue weighted by atomic mass is 10.1. The van der Waals surface area contributed by atoms with Crippen molar-refractivity contribution in [1.29, 1.82) is 0 Å². The molecule has 2 heterocycles. The fraction of sp³-hybridized carbons (Fsp3) is 0.357. The number of carboxylic acids is 1. The van der Waals surface area contributed by atoms with Crippen LogP contribution in [0.1, 0.15) is 29.8 Å². The van der Waals surface area contributed by atoms with Crippen molar-refractivity contribution < 1.29 is 14.3 Å². The molecule has 1 fully saturated rings. The molecule has 0 spiro atoms. The predicted molar refractivity (Wildman–Crippen MR) is 69.2 cm³/mol. The highest BCUT2D eigenvalue weighted by Crippen LogP contribution is 2.27. The largest absolute Gasteiger partial charge is 0.475 e. The van der Waals surface area contributed by atoms with Crippen LogP contribution in [-0.2, 0) is 0 Å². The van der Waals surface area contributed by atoms with E-state index in [1.54, 1.807) is 6.07 Å². The van der Waals surface area contributed by atoms with Crippen LogP contribution >= 0.6 is 0 Å². The molecule has 0 atom stereocenters. The van der Waals surface area contributed by atoms with E-state index < -0.39 is 5.97 Å². The summed E-state index contributed by atoms with van der Waals surface area (Å²) in [5, 5.41) is 9.76. The van der Waals surface area contributed by atoms with Gasteiger partial charge in [-0.1, -0.05) is 0 Å². The maximum atomic E-state index is 10.9. The summed E-state index contributed by atoms with van der Waals surface area (Å²) in [7, 11) is 0. The van der Waals surface area contributed by atoms with Gasteiger partial charge in [0.2, 0.25) is 5.76 Å². The summed E-state index contributed by atoms with van der Waals surface area (Å²) in [6.45, 7) is 2.16. The summed E-state index contributed by atoms with van der Waals surface area (Å²) in [6, 6.07) is 7.45. The van der Waals surface area contributed by atoms with Crippen molar-refractivity contribution in [2.75, 3.05) is 18.0 Å². The first-order valence-corrected chi connectivity index (χ1v) is 6.26. The van der Waals surface area contributed by atoms with Gasteiger partial charge in [-0.05, 0) is 43.5 Å². The number of nitrogens with zero attached hydrogens (tertiary/aromatic N) is 1. The zero-order chi connectivity index (χ0) is 12.5. The normalized spacial score (nSPS) is 16.1. The van der Waals surface area contributed by atoms with E-state index >= 15 is 0 Å². The van der Waals surface area contributed by atoms with Crippen molar-refractivity contribution in [2.24, 2.45) is 0 Å². The van der Waals surface area contributed by atoms with Gasteiger partial charge in [-0.15, -0.1) is 0 Å². The molecular weight excluding hydrogens is 230 g/mol. The number of anilines is 1. The molecule has 0 radical (unpaired) electrons. The second-order valence-electron chi connectivity index (χ2n) is 4.69. The van der Waals surface area contributed by atoms with Gasteiger partial charge in [0, 0.05) is 24.2 Å². The van der Waals surface area contributed by atoms with Crippen LogP contribution in [0.5, 0.6) is 0 Å². The SMILES string of the molecule is O=C(O)c1cc2cc(N3CCCCC3)ccc2o1. The minimum atomic E-state index is -1.02. The summed E-state index contributed by atoms with van der Waals surface area (Å²) in [5.41, 5.74) is 1.79. The number of benzene rings is 1. The molecule has 4 heteroatoms. The Kier molecular flexibility index (Phi) is 2.70. The average molecular weight is 245 g/mol.